The summed E-state index contributed by atoms with van der Waals surface area (Å²) in [5.74, 6) is 0. The largest absolute Gasteiger partial charge is 0.329 e. The summed E-state index contributed by atoms with van der Waals surface area (Å²) in [6.45, 7) is 1.77. The van der Waals surface area contributed by atoms with E-state index < -0.39 is 6.17 Å². The summed E-state index contributed by atoms with van der Waals surface area (Å²) in [5, 5.41) is 4.09. The second-order valence-electron chi connectivity index (χ2n) is 4.17. The van der Waals surface area contributed by atoms with E-state index in [0.29, 0.717) is 19.5 Å². The standard InChI is InChI=1S/C10H17FN4/c1-14-5-8(4-13-14)6-15-7-9(11)2-10(15)3-12/h4-5,9-10H,2-3,6-7,12H2,1H3/t9-,10-/m0/s1. The van der Waals surface area contributed by atoms with Gasteiger partial charge in [-0.1, -0.05) is 0 Å². The number of hydrogen-bond acceptors (Lipinski definition) is 3. The van der Waals surface area contributed by atoms with Crippen LogP contribution in [0.1, 0.15) is 12.0 Å². The van der Waals surface area contributed by atoms with Crippen LogP contribution in [0.25, 0.3) is 0 Å². The maximum absolute atomic E-state index is 13.2. The molecule has 2 heterocycles. The van der Waals surface area contributed by atoms with E-state index in [-0.39, 0.29) is 6.04 Å². The van der Waals surface area contributed by atoms with Gasteiger partial charge in [-0.05, 0) is 6.42 Å². The van der Waals surface area contributed by atoms with Gasteiger partial charge in [0.05, 0.1) is 6.20 Å². The molecule has 1 saturated heterocycles. The number of rotatable bonds is 3. The highest BCUT2D eigenvalue weighted by Crippen LogP contribution is 2.21. The Morgan fingerprint density at radius 3 is 3.07 bits per heavy atom. The molecule has 1 aliphatic rings. The third kappa shape index (κ3) is 2.35. The molecule has 0 amide bonds. The highest BCUT2D eigenvalue weighted by atomic mass is 19.1. The predicted molar refractivity (Wildman–Crippen MR) is 56.0 cm³/mol. The molecule has 0 aromatic carbocycles. The smallest absolute Gasteiger partial charge is 0.114 e. The van der Waals surface area contributed by atoms with Crippen LogP contribution in [0.5, 0.6) is 0 Å². The van der Waals surface area contributed by atoms with E-state index in [2.05, 4.69) is 10.00 Å². The number of aromatic nitrogens is 2. The van der Waals surface area contributed by atoms with Crippen molar-refractivity contribution in [2.75, 3.05) is 13.1 Å². The van der Waals surface area contributed by atoms with Crippen LogP contribution in [0.15, 0.2) is 12.4 Å². The second kappa shape index (κ2) is 4.28. The molecule has 1 aliphatic heterocycles. The molecule has 15 heavy (non-hydrogen) atoms. The Morgan fingerprint density at radius 1 is 1.67 bits per heavy atom. The summed E-state index contributed by atoms with van der Waals surface area (Å²) < 4.78 is 15.0. The Labute approximate surface area is 88.9 Å². The fourth-order valence-electron chi connectivity index (χ4n) is 2.15. The van der Waals surface area contributed by atoms with Crippen LogP contribution in [0.2, 0.25) is 0 Å². The average Bonchev–Trinajstić information content (AvgIpc) is 2.73. The number of nitrogens with zero attached hydrogens (tertiary/aromatic N) is 3. The lowest BCUT2D eigenvalue weighted by Gasteiger charge is -2.21. The summed E-state index contributed by atoms with van der Waals surface area (Å²) in [6.07, 6.45) is 3.62. The second-order valence-corrected chi connectivity index (χ2v) is 4.17. The maximum atomic E-state index is 13.2. The molecule has 0 bridgehead atoms. The van der Waals surface area contributed by atoms with Gasteiger partial charge in [-0.25, -0.2) is 4.39 Å². The Morgan fingerprint density at radius 2 is 2.47 bits per heavy atom. The van der Waals surface area contributed by atoms with Crippen LogP contribution in [0.4, 0.5) is 4.39 Å². The normalized spacial score (nSPS) is 27.4. The summed E-state index contributed by atoms with van der Waals surface area (Å²) in [6, 6.07) is 0.181. The fraction of sp³-hybridized carbons (Fsp3) is 0.700. The Bertz CT molecular complexity index is 325. The van der Waals surface area contributed by atoms with Crippen molar-refractivity contribution in [2.24, 2.45) is 12.8 Å². The van der Waals surface area contributed by atoms with Gasteiger partial charge in [0.15, 0.2) is 0 Å². The van der Waals surface area contributed by atoms with Crippen LogP contribution in [0, 0.1) is 0 Å². The van der Waals surface area contributed by atoms with E-state index in [1.54, 1.807) is 4.68 Å². The van der Waals surface area contributed by atoms with E-state index in [9.17, 15) is 4.39 Å². The molecule has 0 aliphatic carbocycles. The van der Waals surface area contributed by atoms with Gasteiger partial charge >= 0.3 is 0 Å². The van der Waals surface area contributed by atoms with Gasteiger partial charge in [0.1, 0.15) is 6.17 Å². The molecule has 2 N–H and O–H groups in total. The SMILES string of the molecule is Cn1cc(CN2C[C@@H](F)C[C@H]2CN)cn1. The molecule has 1 fully saturated rings. The number of hydrogen-bond donors (Lipinski definition) is 1. The zero-order valence-corrected chi connectivity index (χ0v) is 8.93. The van der Waals surface area contributed by atoms with Gasteiger partial charge in [-0.2, -0.15) is 5.10 Å². The highest BCUT2D eigenvalue weighted by molar-refractivity contribution is 5.05. The van der Waals surface area contributed by atoms with Gasteiger partial charge in [0.25, 0.3) is 0 Å². The summed E-state index contributed by atoms with van der Waals surface area (Å²) in [4.78, 5) is 2.10. The number of halogens is 1. The molecule has 0 unspecified atom stereocenters. The minimum absolute atomic E-state index is 0.181. The summed E-state index contributed by atoms with van der Waals surface area (Å²) >= 11 is 0. The Hall–Kier alpha value is -0.940. The summed E-state index contributed by atoms with van der Waals surface area (Å²) in [7, 11) is 1.88. The first-order valence-electron chi connectivity index (χ1n) is 5.24. The molecule has 0 spiro atoms. The molecular weight excluding hydrogens is 195 g/mol. The third-order valence-corrected chi connectivity index (χ3v) is 2.89. The van der Waals surface area contributed by atoms with Gasteiger partial charge in [0.2, 0.25) is 0 Å². The Balaban J connectivity index is 1.99. The summed E-state index contributed by atoms with van der Waals surface area (Å²) in [5.41, 5.74) is 6.73. The van der Waals surface area contributed by atoms with Crippen molar-refractivity contribution < 1.29 is 4.39 Å². The molecule has 1 aromatic heterocycles. The Kier molecular flexibility index (Phi) is 3.02. The lowest BCUT2D eigenvalue weighted by molar-refractivity contribution is 0.238. The van der Waals surface area contributed by atoms with Crippen LogP contribution in [0.3, 0.4) is 0 Å². The lowest BCUT2D eigenvalue weighted by Crippen LogP contribution is -2.34. The molecule has 2 atom stereocenters. The molecule has 5 heteroatoms. The molecule has 0 radical (unpaired) electrons. The van der Waals surface area contributed by atoms with E-state index in [1.165, 1.54) is 0 Å². The van der Waals surface area contributed by atoms with Gasteiger partial charge < -0.3 is 5.73 Å². The zero-order chi connectivity index (χ0) is 10.8. The third-order valence-electron chi connectivity index (χ3n) is 2.89. The van der Waals surface area contributed by atoms with Gasteiger partial charge in [-0.3, -0.25) is 9.58 Å². The van der Waals surface area contributed by atoms with Gasteiger partial charge in [-0.15, -0.1) is 0 Å². The molecule has 0 saturated carbocycles. The van der Waals surface area contributed by atoms with Crippen molar-refractivity contribution in [1.29, 1.82) is 0 Å². The topological polar surface area (TPSA) is 47.1 Å². The monoisotopic (exact) mass is 212 g/mol. The lowest BCUT2D eigenvalue weighted by atomic mass is 10.2. The first-order chi connectivity index (χ1) is 7.19. The van der Waals surface area contributed by atoms with Crippen molar-refractivity contribution in [2.45, 2.75) is 25.2 Å². The van der Waals surface area contributed by atoms with Gasteiger partial charge in [0, 0.05) is 44.5 Å². The number of aryl methyl sites for hydroxylation is 1. The number of nitrogens with two attached hydrogens (primary N) is 1. The molecule has 2 rings (SSSR count). The predicted octanol–water partition coefficient (Wildman–Crippen LogP) is 0.291. The first-order valence-corrected chi connectivity index (χ1v) is 5.24. The van der Waals surface area contributed by atoms with Crippen LogP contribution in [-0.4, -0.2) is 40.0 Å². The minimum Gasteiger partial charge on any atom is -0.329 e. The first kappa shape index (κ1) is 10.6. The van der Waals surface area contributed by atoms with E-state index in [4.69, 9.17) is 5.73 Å². The fourth-order valence-corrected chi connectivity index (χ4v) is 2.15. The van der Waals surface area contributed by atoms with E-state index in [0.717, 1.165) is 12.1 Å². The number of likely N-dealkylation sites (tertiary alicyclic amines) is 1. The molecular formula is C10H17FN4. The molecule has 4 nitrogen and oxygen atoms in total. The van der Waals surface area contributed by atoms with Crippen LogP contribution >= 0.6 is 0 Å². The van der Waals surface area contributed by atoms with E-state index >= 15 is 0 Å². The average molecular weight is 212 g/mol. The van der Waals surface area contributed by atoms with E-state index in [1.807, 2.05) is 19.4 Å². The number of alkyl halides is 1. The van der Waals surface area contributed by atoms with Crippen molar-refractivity contribution in [1.82, 2.24) is 14.7 Å². The van der Waals surface area contributed by atoms with Crippen LogP contribution in [-0.2, 0) is 13.6 Å². The van der Waals surface area contributed by atoms with Crippen molar-refractivity contribution in [3.8, 4) is 0 Å². The van der Waals surface area contributed by atoms with Crippen molar-refractivity contribution >= 4 is 0 Å². The van der Waals surface area contributed by atoms with Crippen molar-refractivity contribution in [3.63, 3.8) is 0 Å². The minimum atomic E-state index is -0.727. The van der Waals surface area contributed by atoms with Crippen LogP contribution < -0.4 is 5.73 Å². The highest BCUT2D eigenvalue weighted by Gasteiger charge is 2.30. The van der Waals surface area contributed by atoms with Crippen molar-refractivity contribution in [3.05, 3.63) is 18.0 Å². The molecule has 84 valence electrons. The maximum Gasteiger partial charge on any atom is 0.114 e. The molecule has 1 aromatic rings. The zero-order valence-electron chi connectivity index (χ0n) is 8.93. The quantitative estimate of drug-likeness (QED) is 0.783.